The molecule has 2 heteroatoms. The molecule has 20 heavy (non-hydrogen) atoms. The molecule has 1 heterocycles. The van der Waals surface area contributed by atoms with E-state index in [1.807, 2.05) is 6.07 Å². The van der Waals surface area contributed by atoms with Crippen LogP contribution in [0.4, 0.5) is 0 Å². The van der Waals surface area contributed by atoms with Gasteiger partial charge in [0.05, 0.1) is 12.3 Å². The fraction of sp³-hybridized carbons (Fsp3) is 0.444. The maximum Gasteiger partial charge on any atom is 0.125 e. The van der Waals surface area contributed by atoms with Crippen LogP contribution < -0.4 is 5.32 Å². The number of furan rings is 1. The first kappa shape index (κ1) is 14.9. The molecule has 108 valence electrons. The topological polar surface area (TPSA) is 25.2 Å². The van der Waals surface area contributed by atoms with Gasteiger partial charge < -0.3 is 9.73 Å². The summed E-state index contributed by atoms with van der Waals surface area (Å²) < 4.78 is 5.64. The molecule has 0 radical (unpaired) electrons. The number of unbranched alkanes of at least 4 members (excludes halogenated alkanes) is 1. The fourth-order valence-electron chi connectivity index (χ4n) is 2.54. The summed E-state index contributed by atoms with van der Waals surface area (Å²) in [4.78, 5) is 0. The summed E-state index contributed by atoms with van der Waals surface area (Å²) in [6.07, 6.45) is 6.63. The third-order valence-electron chi connectivity index (χ3n) is 3.76. The van der Waals surface area contributed by atoms with Gasteiger partial charge in [-0.2, -0.15) is 0 Å². The maximum atomic E-state index is 5.64. The molecule has 0 fully saturated rings. The minimum Gasteiger partial charge on any atom is -0.467 e. The standard InChI is InChI=1S/C18H25NO/c1-3-5-12-16(4-2)19-18(17-13-9-14-20-17)15-10-7-6-8-11-15/h6-11,13-14,16,18-19H,3-5,12H2,1-2H3. The van der Waals surface area contributed by atoms with Crippen LogP contribution in [0.3, 0.4) is 0 Å². The van der Waals surface area contributed by atoms with Crippen LogP contribution in [0.2, 0.25) is 0 Å². The highest BCUT2D eigenvalue weighted by atomic mass is 16.3. The first-order valence-electron chi connectivity index (χ1n) is 7.69. The molecule has 2 unspecified atom stereocenters. The van der Waals surface area contributed by atoms with Crippen LogP contribution in [-0.2, 0) is 0 Å². The van der Waals surface area contributed by atoms with Gasteiger partial charge in [0.25, 0.3) is 0 Å². The molecule has 0 saturated carbocycles. The second-order valence-corrected chi connectivity index (χ2v) is 5.27. The summed E-state index contributed by atoms with van der Waals surface area (Å²) in [6, 6.07) is 15.2. The summed E-state index contributed by atoms with van der Waals surface area (Å²) in [5.74, 6) is 0.992. The summed E-state index contributed by atoms with van der Waals surface area (Å²) in [7, 11) is 0. The zero-order valence-electron chi connectivity index (χ0n) is 12.5. The summed E-state index contributed by atoms with van der Waals surface area (Å²) in [6.45, 7) is 4.49. The number of rotatable bonds is 8. The lowest BCUT2D eigenvalue weighted by atomic mass is 10.0. The Kier molecular flexibility index (Phi) is 5.87. The van der Waals surface area contributed by atoms with Crippen molar-refractivity contribution in [2.75, 3.05) is 0 Å². The van der Waals surface area contributed by atoms with E-state index in [1.165, 1.54) is 24.8 Å². The Bertz CT molecular complexity index is 463. The van der Waals surface area contributed by atoms with E-state index in [0.29, 0.717) is 6.04 Å². The van der Waals surface area contributed by atoms with Crippen LogP contribution in [0, 0.1) is 0 Å². The molecular weight excluding hydrogens is 246 g/mol. The van der Waals surface area contributed by atoms with Crippen molar-refractivity contribution in [1.82, 2.24) is 5.32 Å². The van der Waals surface area contributed by atoms with Crippen molar-refractivity contribution in [2.45, 2.75) is 51.6 Å². The molecule has 0 bridgehead atoms. The van der Waals surface area contributed by atoms with E-state index < -0.39 is 0 Å². The van der Waals surface area contributed by atoms with Crippen molar-refractivity contribution >= 4 is 0 Å². The van der Waals surface area contributed by atoms with Gasteiger partial charge in [0.1, 0.15) is 5.76 Å². The Morgan fingerprint density at radius 1 is 1.05 bits per heavy atom. The third kappa shape index (κ3) is 3.97. The molecule has 0 aliphatic rings. The van der Waals surface area contributed by atoms with E-state index in [-0.39, 0.29) is 6.04 Å². The highest BCUT2D eigenvalue weighted by Crippen LogP contribution is 2.24. The molecule has 0 aliphatic carbocycles. The van der Waals surface area contributed by atoms with E-state index in [9.17, 15) is 0 Å². The molecule has 0 amide bonds. The highest BCUT2D eigenvalue weighted by molar-refractivity contribution is 5.26. The Labute approximate surface area is 122 Å². The van der Waals surface area contributed by atoms with E-state index in [2.05, 4.69) is 55.6 Å². The lowest BCUT2D eigenvalue weighted by Gasteiger charge is -2.24. The molecule has 1 aromatic heterocycles. The molecule has 0 aliphatic heterocycles. The quantitative estimate of drug-likeness (QED) is 0.736. The zero-order valence-corrected chi connectivity index (χ0v) is 12.5. The van der Waals surface area contributed by atoms with Gasteiger partial charge in [-0.3, -0.25) is 0 Å². The van der Waals surface area contributed by atoms with E-state index in [4.69, 9.17) is 4.42 Å². The molecule has 1 N–H and O–H groups in total. The largest absolute Gasteiger partial charge is 0.467 e. The van der Waals surface area contributed by atoms with E-state index in [0.717, 1.165) is 12.2 Å². The van der Waals surface area contributed by atoms with Gasteiger partial charge in [-0.05, 0) is 30.5 Å². The van der Waals surface area contributed by atoms with Crippen molar-refractivity contribution in [1.29, 1.82) is 0 Å². The Balaban J connectivity index is 2.15. The maximum absolute atomic E-state index is 5.64. The fourth-order valence-corrected chi connectivity index (χ4v) is 2.54. The van der Waals surface area contributed by atoms with Crippen molar-refractivity contribution in [2.24, 2.45) is 0 Å². The highest BCUT2D eigenvalue weighted by Gasteiger charge is 2.19. The van der Waals surface area contributed by atoms with E-state index in [1.54, 1.807) is 6.26 Å². The molecule has 2 aromatic rings. The predicted molar refractivity (Wildman–Crippen MR) is 83.7 cm³/mol. The van der Waals surface area contributed by atoms with Crippen LogP contribution in [-0.4, -0.2) is 6.04 Å². The van der Waals surface area contributed by atoms with Gasteiger partial charge in [0.2, 0.25) is 0 Å². The predicted octanol–water partition coefficient (Wildman–Crippen LogP) is 4.93. The minimum absolute atomic E-state index is 0.146. The normalized spacial score (nSPS) is 14.1. The number of hydrogen-bond acceptors (Lipinski definition) is 2. The van der Waals surface area contributed by atoms with Crippen LogP contribution >= 0.6 is 0 Å². The van der Waals surface area contributed by atoms with Crippen LogP contribution in [0.25, 0.3) is 0 Å². The molecular formula is C18H25NO. The van der Waals surface area contributed by atoms with Gasteiger partial charge in [-0.15, -0.1) is 0 Å². The zero-order chi connectivity index (χ0) is 14.2. The Morgan fingerprint density at radius 2 is 1.85 bits per heavy atom. The van der Waals surface area contributed by atoms with Gasteiger partial charge in [-0.25, -0.2) is 0 Å². The van der Waals surface area contributed by atoms with Gasteiger partial charge in [0.15, 0.2) is 0 Å². The number of hydrogen-bond donors (Lipinski definition) is 1. The Hall–Kier alpha value is -1.54. The minimum atomic E-state index is 0.146. The van der Waals surface area contributed by atoms with Crippen LogP contribution in [0.1, 0.15) is 56.9 Å². The van der Waals surface area contributed by atoms with E-state index >= 15 is 0 Å². The first-order chi connectivity index (χ1) is 9.85. The smallest absolute Gasteiger partial charge is 0.125 e. The van der Waals surface area contributed by atoms with Gasteiger partial charge in [0, 0.05) is 6.04 Å². The van der Waals surface area contributed by atoms with Crippen molar-refractivity contribution < 1.29 is 4.42 Å². The lowest BCUT2D eigenvalue weighted by molar-refractivity contribution is 0.378. The molecule has 0 saturated heterocycles. The van der Waals surface area contributed by atoms with Crippen molar-refractivity contribution in [3.05, 3.63) is 60.1 Å². The molecule has 2 atom stereocenters. The van der Waals surface area contributed by atoms with Crippen molar-refractivity contribution in [3.8, 4) is 0 Å². The number of nitrogens with one attached hydrogen (secondary N) is 1. The molecule has 2 rings (SSSR count). The van der Waals surface area contributed by atoms with Crippen LogP contribution in [0.15, 0.2) is 53.1 Å². The SMILES string of the molecule is CCCCC(CC)NC(c1ccccc1)c1ccco1. The monoisotopic (exact) mass is 271 g/mol. The average Bonchev–Trinajstić information content (AvgIpc) is 3.02. The Morgan fingerprint density at radius 3 is 2.45 bits per heavy atom. The molecule has 2 nitrogen and oxygen atoms in total. The summed E-state index contributed by atoms with van der Waals surface area (Å²) in [5.41, 5.74) is 1.26. The van der Waals surface area contributed by atoms with Crippen molar-refractivity contribution in [3.63, 3.8) is 0 Å². The molecule has 1 aromatic carbocycles. The molecule has 0 spiro atoms. The first-order valence-corrected chi connectivity index (χ1v) is 7.69. The lowest BCUT2D eigenvalue weighted by Crippen LogP contribution is -2.32. The summed E-state index contributed by atoms with van der Waals surface area (Å²) in [5, 5.41) is 3.76. The van der Waals surface area contributed by atoms with Gasteiger partial charge >= 0.3 is 0 Å². The average molecular weight is 271 g/mol. The third-order valence-corrected chi connectivity index (χ3v) is 3.76. The summed E-state index contributed by atoms with van der Waals surface area (Å²) >= 11 is 0. The second-order valence-electron chi connectivity index (χ2n) is 5.27. The van der Waals surface area contributed by atoms with Crippen LogP contribution in [0.5, 0.6) is 0 Å². The second kappa shape index (κ2) is 7.91. The number of benzene rings is 1. The van der Waals surface area contributed by atoms with Gasteiger partial charge in [-0.1, -0.05) is 57.0 Å².